The zero-order valence-corrected chi connectivity index (χ0v) is 12.9. The normalized spacial score (nSPS) is 11.9. The van der Waals surface area contributed by atoms with Gasteiger partial charge in [0.1, 0.15) is 0 Å². The van der Waals surface area contributed by atoms with E-state index in [0.717, 1.165) is 16.7 Å². The van der Waals surface area contributed by atoms with E-state index in [1.54, 1.807) is 5.48 Å². The van der Waals surface area contributed by atoms with Gasteiger partial charge in [0.25, 0.3) is 0 Å². The second-order valence-corrected chi connectivity index (χ2v) is 6.01. The van der Waals surface area contributed by atoms with Crippen LogP contribution in [0, 0.1) is 0 Å². The van der Waals surface area contributed by atoms with Gasteiger partial charge >= 0.3 is 0 Å². The van der Waals surface area contributed by atoms with Crippen molar-refractivity contribution in [1.29, 1.82) is 0 Å². The van der Waals surface area contributed by atoms with Crippen LogP contribution in [0.4, 0.5) is 0 Å². The van der Waals surface area contributed by atoms with Crippen LogP contribution in [0.3, 0.4) is 0 Å². The molecule has 0 aromatic heterocycles. The lowest BCUT2D eigenvalue weighted by atomic mass is 10.0. The summed E-state index contributed by atoms with van der Waals surface area (Å²) in [7, 11) is 0. The van der Waals surface area contributed by atoms with E-state index in [0.29, 0.717) is 11.5 Å². The summed E-state index contributed by atoms with van der Waals surface area (Å²) in [6.07, 6.45) is -0.326. The summed E-state index contributed by atoms with van der Waals surface area (Å²) >= 11 is 1.48. The number of hydroxylamine groups is 1. The van der Waals surface area contributed by atoms with Gasteiger partial charge in [0.15, 0.2) is 0 Å². The lowest BCUT2D eigenvalue weighted by Gasteiger charge is -2.11. The molecule has 0 fully saturated rings. The van der Waals surface area contributed by atoms with E-state index < -0.39 is 12.0 Å². The minimum atomic E-state index is -0.563. The van der Waals surface area contributed by atoms with Gasteiger partial charge in [-0.25, -0.2) is 5.48 Å². The Kier molecular flexibility index (Phi) is 6.45. The molecule has 1 amide bonds. The average Bonchev–Trinajstić information content (AvgIpc) is 2.59. The van der Waals surface area contributed by atoms with Gasteiger partial charge in [-0.15, -0.1) is 0 Å². The molecule has 0 heterocycles. The lowest BCUT2D eigenvalue weighted by molar-refractivity contribution is -0.128. The summed E-state index contributed by atoms with van der Waals surface area (Å²) in [5.41, 5.74) is 4.71. The van der Waals surface area contributed by atoms with Crippen molar-refractivity contribution in [1.82, 2.24) is 5.48 Å². The number of benzene rings is 2. The topological polar surface area (TPSA) is 69.6 Å². The first-order chi connectivity index (χ1) is 10.7. The van der Waals surface area contributed by atoms with Gasteiger partial charge in [0.05, 0.1) is 6.10 Å². The van der Waals surface area contributed by atoms with Crippen LogP contribution >= 0.6 is 11.8 Å². The predicted molar refractivity (Wildman–Crippen MR) is 88.7 cm³/mol. The largest absolute Gasteiger partial charge is 0.388 e. The number of carbonyl (C=O) groups excluding carboxylic acids is 1. The molecule has 1 atom stereocenters. The number of aliphatic hydroxyl groups excluding tert-OH is 1. The molecule has 0 bridgehead atoms. The van der Waals surface area contributed by atoms with Crippen LogP contribution in [-0.4, -0.2) is 27.7 Å². The molecule has 5 heteroatoms. The van der Waals surface area contributed by atoms with Crippen molar-refractivity contribution in [2.45, 2.75) is 12.5 Å². The number of carbonyl (C=O) groups is 1. The first kappa shape index (κ1) is 16.5. The summed E-state index contributed by atoms with van der Waals surface area (Å²) < 4.78 is 0. The Morgan fingerprint density at radius 3 is 2.32 bits per heavy atom. The van der Waals surface area contributed by atoms with E-state index in [4.69, 9.17) is 5.21 Å². The first-order valence-corrected chi connectivity index (χ1v) is 8.20. The van der Waals surface area contributed by atoms with Crippen molar-refractivity contribution in [3.05, 3.63) is 60.2 Å². The van der Waals surface area contributed by atoms with Crippen LogP contribution in [0.1, 0.15) is 18.1 Å². The number of hydrogen-bond acceptors (Lipinski definition) is 4. The maximum absolute atomic E-state index is 10.9. The molecule has 4 nitrogen and oxygen atoms in total. The molecule has 0 radical (unpaired) electrons. The Morgan fingerprint density at radius 2 is 1.68 bits per heavy atom. The molecular formula is C17H19NO3S. The maximum atomic E-state index is 10.9. The third kappa shape index (κ3) is 4.87. The fourth-order valence-corrected chi connectivity index (χ4v) is 2.95. The van der Waals surface area contributed by atoms with E-state index in [-0.39, 0.29) is 6.42 Å². The van der Waals surface area contributed by atoms with Crippen molar-refractivity contribution >= 4 is 17.7 Å². The highest BCUT2D eigenvalue weighted by molar-refractivity contribution is 7.99. The van der Waals surface area contributed by atoms with Crippen LogP contribution in [0.15, 0.2) is 54.6 Å². The number of aliphatic hydroxyl groups is 1. The second kappa shape index (κ2) is 8.58. The molecular weight excluding hydrogens is 298 g/mol. The quantitative estimate of drug-likeness (QED) is 0.417. The lowest BCUT2D eigenvalue weighted by Crippen LogP contribution is -2.18. The Hall–Kier alpha value is -1.82. The maximum Gasteiger partial charge on any atom is 0.244 e. The van der Waals surface area contributed by atoms with Crippen LogP contribution in [0.25, 0.3) is 11.1 Å². The van der Waals surface area contributed by atoms with E-state index in [9.17, 15) is 9.90 Å². The van der Waals surface area contributed by atoms with Gasteiger partial charge in [-0.05, 0) is 16.7 Å². The number of rotatable bonds is 7. The minimum absolute atomic E-state index is 0.237. The molecule has 2 aromatic rings. The van der Waals surface area contributed by atoms with Crippen LogP contribution < -0.4 is 5.48 Å². The van der Waals surface area contributed by atoms with Gasteiger partial charge < -0.3 is 5.11 Å². The van der Waals surface area contributed by atoms with Crippen LogP contribution in [0.2, 0.25) is 0 Å². The van der Waals surface area contributed by atoms with E-state index in [1.807, 2.05) is 54.6 Å². The molecule has 22 heavy (non-hydrogen) atoms. The van der Waals surface area contributed by atoms with Crippen molar-refractivity contribution in [2.24, 2.45) is 0 Å². The summed E-state index contributed by atoms with van der Waals surface area (Å²) in [5.74, 6) is 0.670. The molecule has 0 saturated carbocycles. The van der Waals surface area contributed by atoms with Crippen LogP contribution in [-0.2, 0) is 4.79 Å². The van der Waals surface area contributed by atoms with Crippen molar-refractivity contribution in [2.75, 3.05) is 11.5 Å². The smallest absolute Gasteiger partial charge is 0.244 e. The van der Waals surface area contributed by atoms with Crippen molar-refractivity contribution < 1.29 is 15.1 Å². The van der Waals surface area contributed by atoms with Gasteiger partial charge in [-0.3, -0.25) is 10.0 Å². The van der Waals surface area contributed by atoms with Crippen LogP contribution in [0.5, 0.6) is 0 Å². The standard InChI is InChI=1S/C17H19NO3S/c19-16(12-22-11-10-17(20)18-21)15-8-6-14(7-9-15)13-4-2-1-3-5-13/h1-9,16,19,21H,10-12H2,(H,18,20). The highest BCUT2D eigenvalue weighted by Gasteiger charge is 2.08. The molecule has 2 aromatic carbocycles. The predicted octanol–water partition coefficient (Wildman–Crippen LogP) is 3.02. The molecule has 0 aliphatic heterocycles. The third-order valence-electron chi connectivity index (χ3n) is 3.28. The highest BCUT2D eigenvalue weighted by atomic mass is 32.2. The molecule has 0 aliphatic carbocycles. The van der Waals surface area contributed by atoms with Gasteiger partial charge in [0, 0.05) is 17.9 Å². The van der Waals surface area contributed by atoms with Gasteiger partial charge in [-0.2, -0.15) is 11.8 Å². The molecule has 0 saturated heterocycles. The third-order valence-corrected chi connectivity index (χ3v) is 4.32. The minimum Gasteiger partial charge on any atom is -0.388 e. The Morgan fingerprint density at radius 1 is 1.05 bits per heavy atom. The summed E-state index contributed by atoms with van der Waals surface area (Å²) in [6.45, 7) is 0. The fraction of sp³-hybridized carbons (Fsp3) is 0.235. The monoisotopic (exact) mass is 317 g/mol. The summed E-state index contributed by atoms with van der Waals surface area (Å²) in [4.78, 5) is 10.9. The number of nitrogens with one attached hydrogen (secondary N) is 1. The van der Waals surface area contributed by atoms with Crippen molar-refractivity contribution in [3.63, 3.8) is 0 Å². The Balaban J connectivity index is 1.86. The zero-order valence-electron chi connectivity index (χ0n) is 12.1. The zero-order chi connectivity index (χ0) is 15.8. The molecule has 0 aliphatic rings. The molecule has 2 rings (SSSR count). The van der Waals surface area contributed by atoms with E-state index >= 15 is 0 Å². The summed E-state index contributed by atoms with van der Waals surface area (Å²) in [6, 6.07) is 17.9. The molecule has 116 valence electrons. The van der Waals surface area contributed by atoms with Gasteiger partial charge in [0.2, 0.25) is 5.91 Å². The highest BCUT2D eigenvalue weighted by Crippen LogP contribution is 2.23. The van der Waals surface area contributed by atoms with Crippen molar-refractivity contribution in [3.8, 4) is 11.1 Å². The first-order valence-electron chi connectivity index (χ1n) is 7.05. The molecule has 0 spiro atoms. The van der Waals surface area contributed by atoms with E-state index in [1.165, 1.54) is 11.8 Å². The summed E-state index contributed by atoms with van der Waals surface area (Å²) in [5, 5.41) is 18.5. The van der Waals surface area contributed by atoms with Gasteiger partial charge in [-0.1, -0.05) is 54.6 Å². The average molecular weight is 317 g/mol. The Labute approximate surface area is 134 Å². The fourth-order valence-electron chi connectivity index (χ4n) is 2.04. The Bertz CT molecular complexity index is 587. The number of hydrogen-bond donors (Lipinski definition) is 3. The molecule has 1 unspecified atom stereocenters. The molecule has 3 N–H and O–H groups in total. The second-order valence-electron chi connectivity index (χ2n) is 4.86. The number of thioether (sulfide) groups is 1. The SMILES string of the molecule is O=C(CCSCC(O)c1ccc(-c2ccccc2)cc1)NO. The van der Waals surface area contributed by atoms with E-state index in [2.05, 4.69) is 0 Å². The number of amides is 1.